The molecule has 2 aromatic heterocycles. The van der Waals surface area contributed by atoms with Gasteiger partial charge in [0.2, 0.25) is 0 Å². The second-order valence-corrected chi connectivity index (χ2v) is 3.28. The minimum Gasteiger partial charge on any atom is -0.297 e. The van der Waals surface area contributed by atoms with E-state index in [1.807, 2.05) is 4.79 Å². The lowest BCUT2D eigenvalue weighted by atomic mass is 10.6. The van der Waals surface area contributed by atoms with Crippen LogP contribution in [0.1, 0.15) is 13.8 Å². The van der Waals surface area contributed by atoms with Crippen LogP contribution < -0.4 is 5.01 Å². The van der Waals surface area contributed by atoms with Crippen molar-refractivity contribution in [2.75, 3.05) is 18.1 Å². The Hall–Kier alpha value is -1.23. The average Bonchev–Trinajstić information content (AvgIpc) is 2.74. The summed E-state index contributed by atoms with van der Waals surface area (Å²) < 4.78 is 1.77. The molecule has 5 nitrogen and oxygen atoms in total. The highest BCUT2D eigenvalue weighted by Crippen LogP contribution is 2.10. The number of hydrogen-bond donors (Lipinski definition) is 0. The van der Waals surface area contributed by atoms with Crippen molar-refractivity contribution in [3.05, 3.63) is 17.7 Å². The van der Waals surface area contributed by atoms with Gasteiger partial charge >= 0.3 is 0 Å². The molecule has 0 spiro atoms. The Kier molecular flexibility index (Phi) is 2.33. The third kappa shape index (κ3) is 1.24. The SMILES string of the molecule is CCN(CC)n1cnc2ncc(Cl)n21. The standard InChI is InChI=1S/C8H12ClN5/c1-3-12(4-2)13-6-11-8-10-5-7(9)14(8)13/h5-6H,3-4H2,1-2H3. The molecule has 0 N–H and O–H groups in total. The second-order valence-electron chi connectivity index (χ2n) is 2.90. The lowest BCUT2D eigenvalue weighted by Crippen LogP contribution is -2.36. The molecule has 0 unspecified atom stereocenters. The van der Waals surface area contributed by atoms with E-state index in [0.29, 0.717) is 10.9 Å². The van der Waals surface area contributed by atoms with Crippen LogP contribution in [0.4, 0.5) is 0 Å². The van der Waals surface area contributed by atoms with E-state index in [0.717, 1.165) is 13.1 Å². The maximum atomic E-state index is 5.99. The van der Waals surface area contributed by atoms with Crippen molar-refractivity contribution in [1.82, 2.24) is 19.3 Å². The zero-order valence-corrected chi connectivity index (χ0v) is 8.94. The first-order valence-corrected chi connectivity index (χ1v) is 4.97. The van der Waals surface area contributed by atoms with Gasteiger partial charge in [-0.1, -0.05) is 11.6 Å². The largest absolute Gasteiger partial charge is 0.297 e. The highest BCUT2D eigenvalue weighted by Gasteiger charge is 2.10. The van der Waals surface area contributed by atoms with Gasteiger partial charge in [-0.25, -0.2) is 4.98 Å². The fourth-order valence-corrected chi connectivity index (χ4v) is 1.66. The zero-order valence-electron chi connectivity index (χ0n) is 8.18. The maximum absolute atomic E-state index is 5.99. The first-order valence-electron chi connectivity index (χ1n) is 4.59. The maximum Gasteiger partial charge on any atom is 0.253 e. The van der Waals surface area contributed by atoms with Crippen molar-refractivity contribution in [2.24, 2.45) is 0 Å². The van der Waals surface area contributed by atoms with Gasteiger partial charge in [-0.15, -0.1) is 0 Å². The lowest BCUT2D eigenvalue weighted by Gasteiger charge is -2.22. The molecule has 6 heteroatoms. The number of hydrogen-bond acceptors (Lipinski definition) is 3. The van der Waals surface area contributed by atoms with Gasteiger partial charge in [0.05, 0.1) is 6.20 Å². The molecule has 0 aromatic carbocycles. The first kappa shape index (κ1) is 9.33. The summed E-state index contributed by atoms with van der Waals surface area (Å²) in [4.78, 5) is 10.1. The fourth-order valence-electron chi connectivity index (χ4n) is 1.46. The lowest BCUT2D eigenvalue weighted by molar-refractivity contribution is 0.529. The minimum atomic E-state index is 0.574. The van der Waals surface area contributed by atoms with Crippen LogP contribution in [0, 0.1) is 0 Å². The van der Waals surface area contributed by atoms with Gasteiger partial charge in [0.1, 0.15) is 6.33 Å². The smallest absolute Gasteiger partial charge is 0.253 e. The number of imidazole rings is 1. The molecule has 2 heterocycles. The molecule has 0 aliphatic heterocycles. The van der Waals surface area contributed by atoms with Crippen LogP contribution in [0.5, 0.6) is 0 Å². The predicted octanol–water partition coefficient (Wildman–Crippen LogP) is 1.16. The Balaban J connectivity index is 2.55. The summed E-state index contributed by atoms with van der Waals surface area (Å²) >= 11 is 5.99. The Bertz CT molecular complexity index is 428. The third-order valence-electron chi connectivity index (χ3n) is 2.18. The quantitative estimate of drug-likeness (QED) is 0.768. The van der Waals surface area contributed by atoms with Gasteiger partial charge in [-0.2, -0.15) is 14.3 Å². The van der Waals surface area contributed by atoms with Crippen LogP contribution >= 0.6 is 11.6 Å². The van der Waals surface area contributed by atoms with Crippen LogP contribution in [0.25, 0.3) is 5.78 Å². The summed E-state index contributed by atoms with van der Waals surface area (Å²) in [7, 11) is 0. The molecule has 0 aliphatic rings. The molecule has 0 radical (unpaired) electrons. The molecule has 14 heavy (non-hydrogen) atoms. The molecule has 2 aromatic rings. The Morgan fingerprint density at radius 3 is 2.71 bits per heavy atom. The highest BCUT2D eigenvalue weighted by atomic mass is 35.5. The number of rotatable bonds is 3. The van der Waals surface area contributed by atoms with E-state index >= 15 is 0 Å². The highest BCUT2D eigenvalue weighted by molar-refractivity contribution is 6.29. The molecular weight excluding hydrogens is 202 g/mol. The molecule has 2 rings (SSSR count). The van der Waals surface area contributed by atoms with E-state index in [1.54, 1.807) is 17.0 Å². The van der Waals surface area contributed by atoms with Gasteiger partial charge in [-0.05, 0) is 13.8 Å². The van der Waals surface area contributed by atoms with Gasteiger partial charge < -0.3 is 0 Å². The van der Waals surface area contributed by atoms with Gasteiger partial charge in [-0.3, -0.25) is 5.01 Å². The van der Waals surface area contributed by atoms with Gasteiger partial charge in [0, 0.05) is 13.1 Å². The molecule has 76 valence electrons. The van der Waals surface area contributed by atoms with Gasteiger partial charge in [0.15, 0.2) is 5.15 Å². The molecule has 0 aliphatic carbocycles. The molecule has 0 amide bonds. The van der Waals surface area contributed by atoms with E-state index in [4.69, 9.17) is 11.6 Å². The minimum absolute atomic E-state index is 0.574. The van der Waals surface area contributed by atoms with Gasteiger partial charge in [0.25, 0.3) is 5.78 Å². The number of nitrogens with zero attached hydrogens (tertiary/aromatic N) is 5. The van der Waals surface area contributed by atoms with E-state index < -0.39 is 0 Å². The van der Waals surface area contributed by atoms with Crippen LogP contribution in [0.15, 0.2) is 12.5 Å². The van der Waals surface area contributed by atoms with Crippen molar-refractivity contribution in [3.63, 3.8) is 0 Å². The first-order chi connectivity index (χ1) is 6.77. The van der Waals surface area contributed by atoms with Crippen LogP contribution in [-0.2, 0) is 0 Å². The summed E-state index contributed by atoms with van der Waals surface area (Å²) in [6, 6.07) is 0. The topological polar surface area (TPSA) is 38.4 Å². The Morgan fingerprint density at radius 1 is 1.36 bits per heavy atom. The van der Waals surface area contributed by atoms with E-state index in [9.17, 15) is 0 Å². The van der Waals surface area contributed by atoms with Crippen molar-refractivity contribution < 1.29 is 0 Å². The monoisotopic (exact) mass is 213 g/mol. The third-order valence-corrected chi connectivity index (χ3v) is 2.44. The Morgan fingerprint density at radius 2 is 2.07 bits per heavy atom. The fraction of sp³-hybridized carbons (Fsp3) is 0.500. The van der Waals surface area contributed by atoms with Crippen molar-refractivity contribution in [3.8, 4) is 0 Å². The normalized spacial score (nSPS) is 11.1. The van der Waals surface area contributed by atoms with Crippen molar-refractivity contribution in [2.45, 2.75) is 13.8 Å². The van der Waals surface area contributed by atoms with Crippen LogP contribution in [0.2, 0.25) is 5.15 Å². The molecule has 0 fully saturated rings. The summed E-state index contributed by atoms with van der Waals surface area (Å²) in [6.45, 7) is 5.97. The average molecular weight is 214 g/mol. The van der Waals surface area contributed by atoms with Crippen LogP contribution in [-0.4, -0.2) is 32.4 Å². The zero-order chi connectivity index (χ0) is 10.1. The molecule has 0 saturated heterocycles. The molecular formula is C8H12ClN5. The number of aromatic nitrogens is 4. The Labute approximate surface area is 86.9 Å². The molecule has 0 bridgehead atoms. The van der Waals surface area contributed by atoms with Crippen LogP contribution in [0.3, 0.4) is 0 Å². The number of fused-ring (bicyclic) bond motifs is 1. The summed E-state index contributed by atoms with van der Waals surface area (Å²) in [5.74, 6) is 0.627. The predicted molar refractivity (Wildman–Crippen MR) is 55.3 cm³/mol. The van der Waals surface area contributed by atoms with E-state index in [1.165, 1.54) is 0 Å². The molecule has 0 saturated carbocycles. The molecule has 0 atom stereocenters. The number of halogens is 1. The van der Waals surface area contributed by atoms with E-state index in [2.05, 4.69) is 28.8 Å². The summed E-state index contributed by atoms with van der Waals surface area (Å²) in [5.41, 5.74) is 0. The van der Waals surface area contributed by atoms with E-state index in [-0.39, 0.29) is 0 Å². The second kappa shape index (κ2) is 3.49. The summed E-state index contributed by atoms with van der Waals surface area (Å²) in [5, 5.41) is 2.68. The van der Waals surface area contributed by atoms with Crippen molar-refractivity contribution >= 4 is 17.4 Å². The van der Waals surface area contributed by atoms with Crippen molar-refractivity contribution in [1.29, 1.82) is 0 Å². The summed E-state index contributed by atoms with van der Waals surface area (Å²) in [6.07, 6.45) is 3.32.